The first kappa shape index (κ1) is 21.6. The molecule has 1 aliphatic heterocycles. The molecular formula is C24H28N2O4. The first-order valence-electron chi connectivity index (χ1n) is 10.1. The molecule has 0 saturated carbocycles. The zero-order chi connectivity index (χ0) is 21.9. The van der Waals surface area contributed by atoms with Gasteiger partial charge in [0, 0.05) is 17.3 Å². The molecule has 0 bridgehead atoms. The number of nitrogens with zero attached hydrogens (tertiary/aromatic N) is 1. The van der Waals surface area contributed by atoms with Gasteiger partial charge in [0.1, 0.15) is 6.54 Å². The molecule has 3 rings (SSSR count). The minimum absolute atomic E-state index is 0.00129. The maximum Gasteiger partial charge on any atom is 0.325 e. The number of fused-ring (bicyclic) bond motifs is 1. The quantitative estimate of drug-likeness (QED) is 0.771. The summed E-state index contributed by atoms with van der Waals surface area (Å²) in [6.07, 6.45) is 0.778. The van der Waals surface area contributed by atoms with E-state index in [1.54, 1.807) is 17.0 Å². The molecule has 0 aliphatic carbocycles. The summed E-state index contributed by atoms with van der Waals surface area (Å²) in [4.78, 5) is 38.5. The van der Waals surface area contributed by atoms with Crippen LogP contribution in [0.2, 0.25) is 0 Å². The number of esters is 1. The molecule has 0 unspecified atom stereocenters. The predicted octanol–water partition coefficient (Wildman–Crippen LogP) is 3.23. The van der Waals surface area contributed by atoms with E-state index in [0.717, 1.165) is 23.2 Å². The number of hydrogen-bond acceptors (Lipinski definition) is 4. The summed E-state index contributed by atoms with van der Waals surface area (Å²) >= 11 is 0. The van der Waals surface area contributed by atoms with Crippen molar-refractivity contribution in [2.75, 3.05) is 18.1 Å². The average Bonchev–Trinajstić information content (AvgIpc) is 3.05. The number of rotatable bonds is 5. The molecule has 1 N–H and O–H groups in total. The molecule has 2 amide bonds. The van der Waals surface area contributed by atoms with E-state index in [-0.39, 0.29) is 36.4 Å². The van der Waals surface area contributed by atoms with Crippen molar-refractivity contribution in [2.24, 2.45) is 0 Å². The highest BCUT2D eigenvalue weighted by Gasteiger charge is 2.30. The van der Waals surface area contributed by atoms with Crippen LogP contribution >= 0.6 is 0 Å². The number of carbonyl (C=O) groups excluding carboxylic acids is 3. The molecule has 30 heavy (non-hydrogen) atoms. The van der Waals surface area contributed by atoms with Crippen molar-refractivity contribution in [3.8, 4) is 0 Å². The first-order chi connectivity index (χ1) is 14.2. The fraction of sp³-hybridized carbons (Fsp3) is 0.375. The van der Waals surface area contributed by atoms with Crippen molar-refractivity contribution < 1.29 is 19.1 Å². The van der Waals surface area contributed by atoms with E-state index in [1.807, 2.05) is 43.3 Å². The molecule has 6 nitrogen and oxygen atoms in total. The lowest BCUT2D eigenvalue weighted by Crippen LogP contribution is -2.39. The molecule has 2 aromatic rings. The van der Waals surface area contributed by atoms with Gasteiger partial charge in [-0.2, -0.15) is 0 Å². The molecule has 1 heterocycles. The van der Waals surface area contributed by atoms with Gasteiger partial charge < -0.3 is 15.0 Å². The van der Waals surface area contributed by atoms with Crippen molar-refractivity contribution in [1.29, 1.82) is 0 Å². The van der Waals surface area contributed by atoms with Gasteiger partial charge in [0.05, 0.1) is 0 Å². The summed E-state index contributed by atoms with van der Waals surface area (Å²) in [6, 6.07) is 15.0. The molecule has 1 atom stereocenters. The van der Waals surface area contributed by atoms with Gasteiger partial charge in [-0.3, -0.25) is 14.4 Å². The molecule has 0 spiro atoms. The van der Waals surface area contributed by atoms with E-state index < -0.39 is 5.97 Å². The normalized spacial score (nSPS) is 15.5. The lowest BCUT2D eigenvalue weighted by Gasteiger charge is -2.22. The maximum absolute atomic E-state index is 12.6. The van der Waals surface area contributed by atoms with E-state index in [0.29, 0.717) is 5.56 Å². The number of ether oxygens (including phenoxy) is 1. The Morgan fingerprint density at radius 2 is 1.73 bits per heavy atom. The summed E-state index contributed by atoms with van der Waals surface area (Å²) in [6.45, 7) is 7.61. The number of hydrogen-bond donors (Lipinski definition) is 1. The molecule has 6 heteroatoms. The van der Waals surface area contributed by atoms with Crippen molar-refractivity contribution >= 4 is 23.5 Å². The van der Waals surface area contributed by atoms with Gasteiger partial charge in [-0.25, -0.2) is 0 Å². The first-order valence-corrected chi connectivity index (χ1v) is 10.1. The number of carbonyl (C=O) groups is 3. The lowest BCUT2D eigenvalue weighted by atomic mass is 9.87. The highest BCUT2D eigenvalue weighted by atomic mass is 16.5. The predicted molar refractivity (Wildman–Crippen MR) is 116 cm³/mol. The summed E-state index contributed by atoms with van der Waals surface area (Å²) in [7, 11) is 0. The number of para-hydroxylation sites is 1. The second-order valence-electron chi connectivity index (χ2n) is 8.62. The number of benzene rings is 2. The largest absolute Gasteiger partial charge is 0.454 e. The topological polar surface area (TPSA) is 75.7 Å². The summed E-state index contributed by atoms with van der Waals surface area (Å²) in [5.74, 6) is -1.28. The SMILES string of the molecule is C[C@H]1Cc2ccccc2N1C(=O)COC(=O)CNC(=O)c1ccc(C(C)(C)C)cc1. The Balaban J connectivity index is 1.48. The molecule has 0 aromatic heterocycles. The minimum Gasteiger partial charge on any atom is -0.454 e. The Bertz CT molecular complexity index is 944. The van der Waals surface area contributed by atoms with Crippen LogP contribution in [-0.2, 0) is 26.2 Å². The van der Waals surface area contributed by atoms with E-state index in [4.69, 9.17) is 4.74 Å². The Kier molecular flexibility index (Phi) is 6.25. The van der Waals surface area contributed by atoms with Crippen molar-refractivity contribution in [3.05, 3.63) is 65.2 Å². The Labute approximate surface area is 177 Å². The molecule has 0 fully saturated rings. The number of amides is 2. The smallest absolute Gasteiger partial charge is 0.325 e. The fourth-order valence-corrected chi connectivity index (χ4v) is 3.58. The van der Waals surface area contributed by atoms with Gasteiger partial charge in [-0.05, 0) is 48.1 Å². The molecule has 1 aliphatic rings. The Morgan fingerprint density at radius 3 is 2.40 bits per heavy atom. The van der Waals surface area contributed by atoms with Crippen LogP contribution in [0.15, 0.2) is 48.5 Å². The zero-order valence-electron chi connectivity index (χ0n) is 17.9. The van der Waals surface area contributed by atoms with Crippen LogP contribution in [0.4, 0.5) is 5.69 Å². The second kappa shape index (κ2) is 8.69. The van der Waals surface area contributed by atoms with Gasteiger partial charge in [-0.1, -0.05) is 51.1 Å². The maximum atomic E-state index is 12.6. The standard InChI is InChI=1S/C24H28N2O4/c1-16-13-18-7-5-6-8-20(18)26(16)21(27)15-30-22(28)14-25-23(29)17-9-11-19(12-10-17)24(2,3)4/h5-12,16H,13-15H2,1-4H3,(H,25,29)/t16-/m0/s1. The monoisotopic (exact) mass is 408 g/mol. The molecule has 158 valence electrons. The summed E-state index contributed by atoms with van der Waals surface area (Å²) < 4.78 is 5.08. The van der Waals surface area contributed by atoms with E-state index in [9.17, 15) is 14.4 Å². The molecule has 0 radical (unpaired) electrons. The van der Waals surface area contributed by atoms with Gasteiger partial charge in [0.25, 0.3) is 11.8 Å². The third-order valence-electron chi connectivity index (χ3n) is 5.24. The molecular weight excluding hydrogens is 380 g/mol. The minimum atomic E-state index is -0.650. The summed E-state index contributed by atoms with van der Waals surface area (Å²) in [5, 5.41) is 2.54. The highest BCUT2D eigenvalue weighted by molar-refractivity contribution is 5.98. The zero-order valence-corrected chi connectivity index (χ0v) is 17.9. The third-order valence-corrected chi connectivity index (χ3v) is 5.24. The van der Waals surface area contributed by atoms with Crippen molar-refractivity contribution in [2.45, 2.75) is 45.6 Å². The van der Waals surface area contributed by atoms with E-state index >= 15 is 0 Å². The second-order valence-corrected chi connectivity index (χ2v) is 8.62. The van der Waals surface area contributed by atoms with Crippen molar-refractivity contribution in [3.63, 3.8) is 0 Å². The van der Waals surface area contributed by atoms with Crippen LogP contribution in [0.25, 0.3) is 0 Å². The van der Waals surface area contributed by atoms with Crippen LogP contribution in [0.1, 0.15) is 49.2 Å². The van der Waals surface area contributed by atoms with E-state index in [1.165, 1.54) is 0 Å². The number of nitrogens with one attached hydrogen (secondary N) is 1. The average molecular weight is 408 g/mol. The number of anilines is 1. The molecule has 2 aromatic carbocycles. The Morgan fingerprint density at radius 1 is 1.07 bits per heavy atom. The van der Waals surface area contributed by atoms with Crippen LogP contribution in [-0.4, -0.2) is 37.0 Å². The van der Waals surface area contributed by atoms with Gasteiger partial charge in [0.15, 0.2) is 6.61 Å². The van der Waals surface area contributed by atoms with Gasteiger partial charge >= 0.3 is 5.97 Å². The van der Waals surface area contributed by atoms with Crippen LogP contribution in [0.3, 0.4) is 0 Å². The summed E-state index contributed by atoms with van der Waals surface area (Å²) in [5.41, 5.74) is 3.55. The van der Waals surface area contributed by atoms with Crippen LogP contribution in [0, 0.1) is 0 Å². The molecule has 0 saturated heterocycles. The van der Waals surface area contributed by atoms with Crippen molar-refractivity contribution in [1.82, 2.24) is 5.32 Å². The third kappa shape index (κ3) is 4.87. The van der Waals surface area contributed by atoms with Gasteiger partial charge in [-0.15, -0.1) is 0 Å². The highest BCUT2D eigenvalue weighted by Crippen LogP contribution is 2.31. The van der Waals surface area contributed by atoms with Crippen LogP contribution < -0.4 is 10.2 Å². The van der Waals surface area contributed by atoms with E-state index in [2.05, 4.69) is 26.1 Å². The van der Waals surface area contributed by atoms with Gasteiger partial charge in [0.2, 0.25) is 0 Å². The fourth-order valence-electron chi connectivity index (χ4n) is 3.58. The van der Waals surface area contributed by atoms with Crippen LogP contribution in [0.5, 0.6) is 0 Å². The lowest BCUT2D eigenvalue weighted by molar-refractivity contribution is -0.146. The Hall–Kier alpha value is -3.15.